The lowest BCUT2D eigenvalue weighted by Gasteiger charge is -2.05. The second-order valence-corrected chi connectivity index (χ2v) is 4.59. The van der Waals surface area contributed by atoms with Crippen LogP contribution in [0.5, 0.6) is 5.75 Å². The van der Waals surface area contributed by atoms with Gasteiger partial charge in [-0.1, -0.05) is 0 Å². The monoisotopic (exact) mass is 293 g/mol. The predicted octanol–water partition coefficient (Wildman–Crippen LogP) is 3.54. The van der Waals surface area contributed by atoms with Crippen molar-refractivity contribution in [3.05, 3.63) is 42.0 Å². The Kier molecular flexibility index (Phi) is 2.79. The lowest BCUT2D eigenvalue weighted by molar-refractivity contribution is -0.137. The number of nitrogens with one attached hydrogen (secondary N) is 1. The molecule has 1 heterocycles. The highest BCUT2D eigenvalue weighted by atomic mass is 19.4. The first-order valence-corrected chi connectivity index (χ1v) is 6.00. The molecule has 3 aromatic rings. The third-order valence-electron chi connectivity index (χ3n) is 3.11. The Morgan fingerprint density at radius 1 is 1.10 bits per heavy atom. The van der Waals surface area contributed by atoms with E-state index in [9.17, 15) is 18.3 Å². The molecule has 0 aliphatic rings. The van der Waals surface area contributed by atoms with E-state index >= 15 is 0 Å². The van der Waals surface area contributed by atoms with Crippen LogP contribution in [0.15, 0.2) is 36.4 Å². The van der Waals surface area contributed by atoms with Crippen molar-refractivity contribution >= 4 is 16.7 Å². The van der Waals surface area contributed by atoms with E-state index in [4.69, 9.17) is 5.73 Å². The number of aromatic nitrogens is 2. The van der Waals surface area contributed by atoms with Gasteiger partial charge in [-0.05, 0) is 36.4 Å². The van der Waals surface area contributed by atoms with Crippen molar-refractivity contribution in [2.24, 2.45) is 0 Å². The van der Waals surface area contributed by atoms with Gasteiger partial charge < -0.3 is 15.8 Å². The van der Waals surface area contributed by atoms with Crippen LogP contribution in [0.3, 0.4) is 0 Å². The fourth-order valence-electron chi connectivity index (χ4n) is 2.02. The molecule has 0 bridgehead atoms. The van der Waals surface area contributed by atoms with Crippen LogP contribution in [0.1, 0.15) is 5.56 Å². The number of imidazole rings is 1. The van der Waals surface area contributed by atoms with Gasteiger partial charge in [-0.25, -0.2) is 4.98 Å². The normalized spacial score (nSPS) is 12.0. The van der Waals surface area contributed by atoms with Gasteiger partial charge in [-0.2, -0.15) is 13.2 Å². The summed E-state index contributed by atoms with van der Waals surface area (Å²) in [5, 5.41) is 9.38. The fraction of sp³-hybridized carbons (Fsp3) is 0.0714. The number of alkyl halides is 3. The molecule has 4 N–H and O–H groups in total. The van der Waals surface area contributed by atoms with Crippen LogP contribution in [-0.4, -0.2) is 15.1 Å². The summed E-state index contributed by atoms with van der Waals surface area (Å²) in [6, 6.07) is 7.78. The van der Waals surface area contributed by atoms with Crippen molar-refractivity contribution in [1.29, 1.82) is 0 Å². The molecule has 4 nitrogen and oxygen atoms in total. The van der Waals surface area contributed by atoms with Gasteiger partial charge in [0.15, 0.2) is 0 Å². The van der Waals surface area contributed by atoms with Crippen molar-refractivity contribution in [1.82, 2.24) is 9.97 Å². The van der Waals surface area contributed by atoms with E-state index in [2.05, 4.69) is 9.97 Å². The summed E-state index contributed by atoms with van der Waals surface area (Å²) in [6.07, 6.45) is -4.40. The highest BCUT2D eigenvalue weighted by Gasteiger charge is 2.30. The molecule has 0 saturated heterocycles. The van der Waals surface area contributed by atoms with E-state index in [0.717, 1.165) is 12.1 Å². The largest absolute Gasteiger partial charge is 0.506 e. The zero-order chi connectivity index (χ0) is 15.2. The van der Waals surface area contributed by atoms with E-state index in [1.807, 2.05) is 0 Å². The molecule has 0 fully saturated rings. The molecule has 0 radical (unpaired) electrons. The second kappa shape index (κ2) is 4.41. The van der Waals surface area contributed by atoms with E-state index in [-0.39, 0.29) is 17.0 Å². The van der Waals surface area contributed by atoms with Crippen molar-refractivity contribution in [2.45, 2.75) is 6.18 Å². The number of rotatable bonds is 1. The number of hydrogen-bond acceptors (Lipinski definition) is 3. The molecule has 0 unspecified atom stereocenters. The fourth-order valence-corrected chi connectivity index (χ4v) is 2.02. The number of aromatic amines is 1. The summed E-state index contributed by atoms with van der Waals surface area (Å²) in [5.41, 5.74) is 6.31. The minimum atomic E-state index is -4.40. The number of H-pyrrole nitrogens is 1. The molecule has 2 aromatic carbocycles. The number of phenolic OH excluding ortho intramolecular Hbond substituents is 1. The average molecular weight is 293 g/mol. The summed E-state index contributed by atoms with van der Waals surface area (Å²) in [7, 11) is 0. The molecule has 0 saturated carbocycles. The molecule has 0 amide bonds. The first-order valence-electron chi connectivity index (χ1n) is 6.00. The third-order valence-corrected chi connectivity index (χ3v) is 3.11. The van der Waals surface area contributed by atoms with Gasteiger partial charge in [0.2, 0.25) is 0 Å². The number of nitrogens with two attached hydrogens (primary N) is 1. The molecule has 3 rings (SSSR count). The zero-order valence-electron chi connectivity index (χ0n) is 10.6. The van der Waals surface area contributed by atoms with Crippen molar-refractivity contribution in [3.8, 4) is 17.1 Å². The van der Waals surface area contributed by atoms with Crippen LogP contribution in [0.2, 0.25) is 0 Å². The topological polar surface area (TPSA) is 74.9 Å². The Morgan fingerprint density at radius 3 is 2.52 bits per heavy atom. The summed E-state index contributed by atoms with van der Waals surface area (Å²) < 4.78 is 38.0. The van der Waals surface area contributed by atoms with Gasteiger partial charge in [0.1, 0.15) is 11.6 Å². The number of nitrogen functional groups attached to an aromatic ring is 1. The van der Waals surface area contributed by atoms with E-state index < -0.39 is 11.7 Å². The smallest absolute Gasteiger partial charge is 0.416 e. The number of benzene rings is 2. The van der Waals surface area contributed by atoms with E-state index in [0.29, 0.717) is 16.9 Å². The maximum atomic E-state index is 12.7. The van der Waals surface area contributed by atoms with Crippen LogP contribution >= 0.6 is 0 Å². The predicted molar refractivity (Wildman–Crippen MR) is 72.6 cm³/mol. The van der Waals surface area contributed by atoms with Crippen LogP contribution < -0.4 is 5.73 Å². The van der Waals surface area contributed by atoms with Gasteiger partial charge in [-0.3, -0.25) is 0 Å². The molecule has 108 valence electrons. The highest BCUT2D eigenvalue weighted by molar-refractivity contribution is 5.81. The van der Waals surface area contributed by atoms with E-state index in [1.165, 1.54) is 18.2 Å². The summed E-state index contributed by atoms with van der Waals surface area (Å²) in [6.45, 7) is 0. The van der Waals surface area contributed by atoms with Crippen LogP contribution in [-0.2, 0) is 6.18 Å². The van der Waals surface area contributed by atoms with Crippen LogP contribution in [0.4, 0.5) is 18.9 Å². The number of fused-ring (bicyclic) bond motifs is 1. The lowest BCUT2D eigenvalue weighted by atomic mass is 10.2. The summed E-state index contributed by atoms with van der Waals surface area (Å²) >= 11 is 0. The maximum Gasteiger partial charge on any atom is 0.416 e. The molecular formula is C14H10F3N3O. The minimum Gasteiger partial charge on any atom is -0.506 e. The number of phenols is 1. The molecule has 0 spiro atoms. The molecule has 7 heteroatoms. The van der Waals surface area contributed by atoms with Gasteiger partial charge in [-0.15, -0.1) is 0 Å². The van der Waals surface area contributed by atoms with Crippen molar-refractivity contribution < 1.29 is 18.3 Å². The summed E-state index contributed by atoms with van der Waals surface area (Å²) in [4.78, 5) is 7.04. The Bertz CT molecular complexity index is 824. The quantitative estimate of drug-likeness (QED) is 0.474. The maximum absolute atomic E-state index is 12.7. The van der Waals surface area contributed by atoms with Crippen LogP contribution in [0, 0.1) is 0 Å². The average Bonchev–Trinajstić information content (AvgIpc) is 2.83. The second-order valence-electron chi connectivity index (χ2n) is 4.59. The number of halogens is 3. The number of hydrogen-bond donors (Lipinski definition) is 3. The zero-order valence-corrected chi connectivity index (χ0v) is 10.6. The van der Waals surface area contributed by atoms with Gasteiger partial charge in [0, 0.05) is 5.56 Å². The molecule has 21 heavy (non-hydrogen) atoms. The first-order chi connectivity index (χ1) is 9.84. The number of anilines is 1. The van der Waals surface area contributed by atoms with Gasteiger partial charge in [0.25, 0.3) is 0 Å². The SMILES string of the molecule is Nc1cc(-c2nc3ccc(C(F)(F)F)cc3[nH]2)ccc1O. The Balaban J connectivity index is 2.10. The van der Waals surface area contributed by atoms with Crippen molar-refractivity contribution in [3.63, 3.8) is 0 Å². The van der Waals surface area contributed by atoms with Crippen LogP contribution in [0.25, 0.3) is 22.4 Å². The first kappa shape index (κ1) is 13.3. The molecule has 1 aromatic heterocycles. The molecule has 0 aliphatic heterocycles. The van der Waals surface area contributed by atoms with Gasteiger partial charge in [0.05, 0.1) is 22.3 Å². The van der Waals surface area contributed by atoms with Gasteiger partial charge >= 0.3 is 6.18 Å². The number of aromatic hydroxyl groups is 1. The Hall–Kier alpha value is -2.70. The molecule has 0 atom stereocenters. The summed E-state index contributed by atoms with van der Waals surface area (Å²) in [5.74, 6) is 0.324. The molecular weight excluding hydrogens is 283 g/mol. The third kappa shape index (κ3) is 2.37. The molecule has 0 aliphatic carbocycles. The highest BCUT2D eigenvalue weighted by Crippen LogP contribution is 2.32. The van der Waals surface area contributed by atoms with E-state index in [1.54, 1.807) is 6.07 Å². The minimum absolute atomic E-state index is 0.0609. The Labute approximate surface area is 117 Å². The lowest BCUT2D eigenvalue weighted by Crippen LogP contribution is -2.04. The van der Waals surface area contributed by atoms with Crippen molar-refractivity contribution in [2.75, 3.05) is 5.73 Å². The standard InChI is InChI=1S/C14H10F3N3O/c15-14(16,17)8-2-3-10-11(6-8)20-13(19-10)7-1-4-12(21)9(18)5-7/h1-6,21H,18H2,(H,19,20). The Morgan fingerprint density at radius 2 is 1.86 bits per heavy atom. The number of nitrogens with zero attached hydrogens (tertiary/aromatic N) is 1.